The first-order valence-electron chi connectivity index (χ1n) is 6.73. The zero-order valence-electron chi connectivity index (χ0n) is 12.5. The maximum atomic E-state index is 2.24. The third-order valence-corrected chi connectivity index (χ3v) is 3.05. The summed E-state index contributed by atoms with van der Waals surface area (Å²) in [5.74, 6) is 0. The average molecular weight is 240 g/mol. The van der Waals surface area contributed by atoms with Gasteiger partial charge >= 0.3 is 0 Å². The van der Waals surface area contributed by atoms with Crippen molar-refractivity contribution >= 4 is 0 Å². The second-order valence-corrected chi connectivity index (χ2v) is 4.64. The summed E-state index contributed by atoms with van der Waals surface area (Å²) in [6, 6.07) is 13.3. The smallest absolute Gasteiger partial charge is 0.0152 e. The number of aryl methyl sites for hydroxylation is 4. The molecule has 0 nitrogen and oxygen atoms in total. The van der Waals surface area contributed by atoms with Gasteiger partial charge in [-0.25, -0.2) is 0 Å². The zero-order chi connectivity index (χ0) is 13.7. The Morgan fingerprint density at radius 2 is 0.889 bits per heavy atom. The molecule has 0 amide bonds. The van der Waals surface area contributed by atoms with Crippen LogP contribution in [0, 0.1) is 27.7 Å². The first kappa shape index (κ1) is 14.5. The van der Waals surface area contributed by atoms with E-state index in [1.165, 1.54) is 33.4 Å². The summed E-state index contributed by atoms with van der Waals surface area (Å²) in [6.07, 6.45) is 0. The Kier molecular flexibility index (Phi) is 5.15. The molecule has 0 saturated heterocycles. The molecule has 0 heterocycles. The van der Waals surface area contributed by atoms with Crippen molar-refractivity contribution in [1.82, 2.24) is 0 Å². The monoisotopic (exact) mass is 240 g/mol. The first-order valence-corrected chi connectivity index (χ1v) is 6.73. The second-order valence-electron chi connectivity index (χ2n) is 4.64. The largest absolute Gasteiger partial charge is 0.0683 e. The molecular formula is C18H24. The molecule has 2 aromatic carbocycles. The Labute approximate surface area is 112 Å². The van der Waals surface area contributed by atoms with Gasteiger partial charge in [-0.15, -0.1) is 0 Å². The fourth-order valence-corrected chi connectivity index (χ4v) is 2.23. The molecule has 0 fully saturated rings. The second kappa shape index (κ2) is 6.39. The number of hydrogen-bond donors (Lipinski definition) is 0. The molecule has 96 valence electrons. The Morgan fingerprint density at radius 3 is 1.17 bits per heavy atom. The lowest BCUT2D eigenvalue weighted by molar-refractivity contribution is 1.34. The van der Waals surface area contributed by atoms with Gasteiger partial charge in [0.1, 0.15) is 0 Å². The van der Waals surface area contributed by atoms with E-state index in [0.29, 0.717) is 0 Å². The van der Waals surface area contributed by atoms with Crippen LogP contribution in [0.5, 0.6) is 0 Å². The molecule has 0 atom stereocenters. The number of rotatable bonds is 1. The van der Waals surface area contributed by atoms with Crippen LogP contribution < -0.4 is 0 Å². The van der Waals surface area contributed by atoms with Gasteiger partial charge in [-0.2, -0.15) is 0 Å². The van der Waals surface area contributed by atoms with E-state index in [-0.39, 0.29) is 0 Å². The maximum Gasteiger partial charge on any atom is -0.0152 e. The lowest BCUT2D eigenvalue weighted by atomic mass is 9.94. The summed E-state index contributed by atoms with van der Waals surface area (Å²) in [6.45, 7) is 12.6. The predicted molar refractivity (Wildman–Crippen MR) is 82.2 cm³/mol. The molecule has 0 N–H and O–H groups in total. The molecule has 0 aliphatic heterocycles. The van der Waals surface area contributed by atoms with Crippen LogP contribution in [-0.2, 0) is 0 Å². The molecule has 0 bridgehead atoms. The van der Waals surface area contributed by atoms with E-state index >= 15 is 0 Å². The topological polar surface area (TPSA) is 0 Å². The summed E-state index contributed by atoms with van der Waals surface area (Å²) in [4.78, 5) is 0. The van der Waals surface area contributed by atoms with Crippen LogP contribution in [0.4, 0.5) is 0 Å². The van der Waals surface area contributed by atoms with Crippen molar-refractivity contribution in [1.29, 1.82) is 0 Å². The van der Waals surface area contributed by atoms with Gasteiger partial charge in [0.25, 0.3) is 0 Å². The summed E-state index contributed by atoms with van der Waals surface area (Å²) >= 11 is 0. The lowest BCUT2D eigenvalue weighted by Gasteiger charge is -2.10. The molecule has 2 rings (SSSR count). The minimum absolute atomic E-state index is 1.33. The lowest BCUT2D eigenvalue weighted by Crippen LogP contribution is -1.88. The minimum Gasteiger partial charge on any atom is -0.0683 e. The molecule has 18 heavy (non-hydrogen) atoms. The van der Waals surface area contributed by atoms with E-state index in [9.17, 15) is 0 Å². The summed E-state index contributed by atoms with van der Waals surface area (Å²) in [7, 11) is 0. The summed E-state index contributed by atoms with van der Waals surface area (Å²) < 4.78 is 0. The Morgan fingerprint density at radius 1 is 0.556 bits per heavy atom. The standard InChI is InChI=1S/C16H18.C2H6/c1-11-5-7-15(13(3)9-11)16-8-6-12(2)10-14(16)4;1-2/h5-10H,1-4H3;1-2H3. The van der Waals surface area contributed by atoms with Crippen LogP contribution in [0.3, 0.4) is 0 Å². The molecule has 0 heteroatoms. The quantitative estimate of drug-likeness (QED) is 0.607. The van der Waals surface area contributed by atoms with Gasteiger partial charge in [-0.3, -0.25) is 0 Å². The van der Waals surface area contributed by atoms with Crippen LogP contribution in [0.2, 0.25) is 0 Å². The van der Waals surface area contributed by atoms with Crippen LogP contribution in [0.25, 0.3) is 11.1 Å². The van der Waals surface area contributed by atoms with Crippen molar-refractivity contribution in [2.45, 2.75) is 41.5 Å². The fraction of sp³-hybridized carbons (Fsp3) is 0.333. The normalized spacial score (nSPS) is 9.67. The Balaban J connectivity index is 0.000000771. The Hall–Kier alpha value is -1.56. The van der Waals surface area contributed by atoms with Crippen molar-refractivity contribution in [2.75, 3.05) is 0 Å². The predicted octanol–water partition coefficient (Wildman–Crippen LogP) is 5.61. The van der Waals surface area contributed by atoms with Crippen molar-refractivity contribution in [3.63, 3.8) is 0 Å². The van der Waals surface area contributed by atoms with Gasteiger partial charge in [0.05, 0.1) is 0 Å². The van der Waals surface area contributed by atoms with Gasteiger partial charge in [-0.05, 0) is 49.9 Å². The van der Waals surface area contributed by atoms with Crippen molar-refractivity contribution in [3.05, 3.63) is 58.7 Å². The van der Waals surface area contributed by atoms with E-state index in [1.807, 2.05) is 13.8 Å². The highest BCUT2D eigenvalue weighted by Crippen LogP contribution is 2.27. The van der Waals surface area contributed by atoms with Gasteiger partial charge < -0.3 is 0 Å². The van der Waals surface area contributed by atoms with E-state index in [0.717, 1.165) is 0 Å². The van der Waals surface area contributed by atoms with Gasteiger partial charge in [0.15, 0.2) is 0 Å². The number of hydrogen-bond acceptors (Lipinski definition) is 0. The molecule has 2 aromatic rings. The highest BCUT2D eigenvalue weighted by atomic mass is 14.1. The third kappa shape index (κ3) is 3.22. The summed E-state index contributed by atoms with van der Waals surface area (Å²) in [5, 5.41) is 0. The zero-order valence-corrected chi connectivity index (χ0v) is 12.5. The van der Waals surface area contributed by atoms with Crippen LogP contribution in [-0.4, -0.2) is 0 Å². The fourth-order valence-electron chi connectivity index (χ4n) is 2.23. The highest BCUT2D eigenvalue weighted by molar-refractivity contribution is 5.71. The molecule has 0 aliphatic carbocycles. The third-order valence-electron chi connectivity index (χ3n) is 3.05. The first-order chi connectivity index (χ1) is 8.58. The summed E-state index contributed by atoms with van der Waals surface area (Å²) in [5.41, 5.74) is 8.06. The Bertz CT molecular complexity index is 472. The van der Waals surface area contributed by atoms with Crippen LogP contribution in [0.15, 0.2) is 36.4 Å². The van der Waals surface area contributed by atoms with E-state index in [1.54, 1.807) is 0 Å². The molecule has 0 spiro atoms. The van der Waals surface area contributed by atoms with Crippen LogP contribution >= 0.6 is 0 Å². The highest BCUT2D eigenvalue weighted by Gasteiger charge is 2.04. The van der Waals surface area contributed by atoms with E-state index in [4.69, 9.17) is 0 Å². The van der Waals surface area contributed by atoms with Gasteiger partial charge in [-0.1, -0.05) is 61.4 Å². The molecule has 0 radical (unpaired) electrons. The molecule has 0 unspecified atom stereocenters. The van der Waals surface area contributed by atoms with E-state index in [2.05, 4.69) is 64.1 Å². The van der Waals surface area contributed by atoms with Crippen LogP contribution in [0.1, 0.15) is 36.1 Å². The van der Waals surface area contributed by atoms with E-state index < -0.39 is 0 Å². The number of benzene rings is 2. The molecular weight excluding hydrogens is 216 g/mol. The van der Waals surface area contributed by atoms with Crippen molar-refractivity contribution in [2.24, 2.45) is 0 Å². The minimum atomic E-state index is 1.33. The van der Waals surface area contributed by atoms with Gasteiger partial charge in [0, 0.05) is 0 Å². The maximum absolute atomic E-state index is 2.24. The average Bonchev–Trinajstić information content (AvgIpc) is 2.33. The van der Waals surface area contributed by atoms with Gasteiger partial charge in [0.2, 0.25) is 0 Å². The molecule has 0 aliphatic rings. The molecule has 0 saturated carbocycles. The molecule has 0 aromatic heterocycles. The van der Waals surface area contributed by atoms with Crippen molar-refractivity contribution in [3.8, 4) is 11.1 Å². The van der Waals surface area contributed by atoms with Crippen molar-refractivity contribution < 1.29 is 0 Å². The SMILES string of the molecule is CC.Cc1ccc(-c2ccc(C)cc2C)c(C)c1.